The molecule has 2 N–H and O–H groups in total. The molecule has 0 saturated carbocycles. The van der Waals surface area contributed by atoms with Crippen LogP contribution in [0.2, 0.25) is 0 Å². The summed E-state index contributed by atoms with van der Waals surface area (Å²) in [6.45, 7) is 8.71. The number of benzene rings is 1. The second kappa shape index (κ2) is 12.8. The topological polar surface area (TPSA) is 96.3 Å². The van der Waals surface area contributed by atoms with Crippen LogP contribution in [0, 0.1) is 5.92 Å². The summed E-state index contributed by atoms with van der Waals surface area (Å²) in [4.78, 5) is 20.8. The van der Waals surface area contributed by atoms with Crippen molar-refractivity contribution in [3.63, 3.8) is 0 Å². The first-order chi connectivity index (χ1) is 13.4. The van der Waals surface area contributed by atoms with Crippen LogP contribution in [0.1, 0.15) is 38.7 Å². The highest BCUT2D eigenvalue weighted by Crippen LogP contribution is 2.28. The molecule has 0 spiro atoms. The van der Waals surface area contributed by atoms with E-state index in [0.717, 1.165) is 42.6 Å². The fourth-order valence-corrected chi connectivity index (χ4v) is 3.06. The standard InChI is InChI=1S/C19H29NO2.C2H2O4/c1-4-7-17-9-10-18(19(14-17)21-3)22-13-6-12-20-11-5-8-16(2)15-20;3-1(4)2(5)6/h4,7,9-10,14,16H,5-6,8,11-13,15H2,1-3H3;(H,3,4)(H,5,6). The van der Waals surface area contributed by atoms with E-state index in [0.29, 0.717) is 0 Å². The van der Waals surface area contributed by atoms with Gasteiger partial charge in [0.25, 0.3) is 0 Å². The zero-order valence-corrected chi connectivity index (χ0v) is 16.9. The normalized spacial score (nSPS) is 16.9. The van der Waals surface area contributed by atoms with Gasteiger partial charge in [0.2, 0.25) is 0 Å². The summed E-state index contributed by atoms with van der Waals surface area (Å²) in [7, 11) is 1.69. The summed E-state index contributed by atoms with van der Waals surface area (Å²) in [5.41, 5.74) is 1.13. The summed E-state index contributed by atoms with van der Waals surface area (Å²) >= 11 is 0. The maximum absolute atomic E-state index is 9.10. The molecule has 1 fully saturated rings. The molecule has 1 saturated heterocycles. The van der Waals surface area contributed by atoms with Gasteiger partial charge in [-0.15, -0.1) is 0 Å². The van der Waals surface area contributed by atoms with Crippen molar-refractivity contribution < 1.29 is 29.3 Å². The van der Waals surface area contributed by atoms with E-state index in [1.54, 1.807) is 7.11 Å². The summed E-state index contributed by atoms with van der Waals surface area (Å²) in [6, 6.07) is 6.07. The Labute approximate surface area is 166 Å². The van der Waals surface area contributed by atoms with Crippen molar-refractivity contribution in [3.05, 3.63) is 29.8 Å². The molecule has 1 aliphatic rings. The van der Waals surface area contributed by atoms with Crippen LogP contribution in [-0.2, 0) is 9.59 Å². The molecule has 0 aromatic heterocycles. The Bertz CT molecular complexity index is 646. The maximum Gasteiger partial charge on any atom is 0.414 e. The molecule has 1 atom stereocenters. The van der Waals surface area contributed by atoms with Crippen molar-refractivity contribution in [3.8, 4) is 11.5 Å². The minimum atomic E-state index is -1.82. The Morgan fingerprint density at radius 1 is 1.25 bits per heavy atom. The molecule has 0 radical (unpaired) electrons. The smallest absolute Gasteiger partial charge is 0.414 e. The lowest BCUT2D eigenvalue weighted by atomic mass is 10.0. The molecule has 28 heavy (non-hydrogen) atoms. The van der Waals surface area contributed by atoms with Gasteiger partial charge in [0, 0.05) is 13.1 Å². The fraction of sp³-hybridized carbons (Fsp3) is 0.524. The van der Waals surface area contributed by atoms with Gasteiger partial charge in [0.05, 0.1) is 13.7 Å². The van der Waals surface area contributed by atoms with Gasteiger partial charge in [-0.25, -0.2) is 9.59 Å². The Balaban J connectivity index is 0.000000568. The van der Waals surface area contributed by atoms with Crippen molar-refractivity contribution in [1.29, 1.82) is 0 Å². The van der Waals surface area contributed by atoms with E-state index in [-0.39, 0.29) is 0 Å². The second-order valence-electron chi connectivity index (χ2n) is 6.77. The Kier molecular flexibility index (Phi) is 10.7. The largest absolute Gasteiger partial charge is 0.493 e. The summed E-state index contributed by atoms with van der Waals surface area (Å²) in [5.74, 6) is -1.16. The second-order valence-corrected chi connectivity index (χ2v) is 6.77. The highest BCUT2D eigenvalue weighted by Gasteiger charge is 2.15. The first-order valence-electron chi connectivity index (χ1n) is 9.49. The molecule has 0 amide bonds. The molecule has 7 nitrogen and oxygen atoms in total. The first-order valence-corrected chi connectivity index (χ1v) is 9.49. The van der Waals surface area contributed by atoms with Gasteiger partial charge in [0.15, 0.2) is 11.5 Å². The number of likely N-dealkylation sites (tertiary alicyclic amines) is 1. The average molecular weight is 393 g/mol. The molecule has 7 heteroatoms. The molecule has 0 bridgehead atoms. The van der Waals surface area contributed by atoms with Crippen LogP contribution in [0.25, 0.3) is 6.08 Å². The minimum Gasteiger partial charge on any atom is -0.493 e. The summed E-state index contributed by atoms with van der Waals surface area (Å²) in [5, 5.41) is 14.8. The summed E-state index contributed by atoms with van der Waals surface area (Å²) in [6.07, 6.45) is 7.86. The molecular weight excluding hydrogens is 362 g/mol. The SMILES string of the molecule is CC=Cc1ccc(OCCCN2CCCC(C)C2)c(OC)c1.O=C(O)C(=O)O. The van der Waals surface area contributed by atoms with E-state index in [4.69, 9.17) is 29.3 Å². The number of hydrogen-bond acceptors (Lipinski definition) is 5. The highest BCUT2D eigenvalue weighted by atomic mass is 16.5. The van der Waals surface area contributed by atoms with Crippen LogP contribution in [0.4, 0.5) is 0 Å². The van der Waals surface area contributed by atoms with Crippen molar-refractivity contribution in [2.45, 2.75) is 33.1 Å². The van der Waals surface area contributed by atoms with Crippen LogP contribution < -0.4 is 9.47 Å². The van der Waals surface area contributed by atoms with Crippen molar-refractivity contribution in [2.75, 3.05) is 33.4 Å². The number of hydrogen-bond donors (Lipinski definition) is 2. The molecule has 0 aliphatic carbocycles. The van der Waals surface area contributed by atoms with Gasteiger partial charge in [-0.3, -0.25) is 0 Å². The molecule has 2 rings (SSSR count). The van der Waals surface area contributed by atoms with E-state index < -0.39 is 11.9 Å². The van der Waals surface area contributed by atoms with Crippen LogP contribution in [-0.4, -0.2) is 60.4 Å². The van der Waals surface area contributed by atoms with E-state index in [2.05, 4.69) is 24.0 Å². The molecule has 1 aromatic rings. The number of piperidine rings is 1. The monoisotopic (exact) mass is 393 g/mol. The van der Waals surface area contributed by atoms with E-state index in [1.807, 2.05) is 25.1 Å². The minimum absolute atomic E-state index is 0.740. The van der Waals surface area contributed by atoms with Gasteiger partial charge in [-0.2, -0.15) is 0 Å². The number of aliphatic carboxylic acids is 2. The molecule has 1 unspecified atom stereocenters. The van der Waals surface area contributed by atoms with E-state index in [9.17, 15) is 0 Å². The van der Waals surface area contributed by atoms with E-state index >= 15 is 0 Å². The lowest BCUT2D eigenvalue weighted by molar-refractivity contribution is -0.159. The average Bonchev–Trinajstić information content (AvgIpc) is 2.66. The molecule has 1 aromatic carbocycles. The van der Waals surface area contributed by atoms with Crippen LogP contribution >= 0.6 is 0 Å². The molecule has 156 valence electrons. The maximum atomic E-state index is 9.10. The Morgan fingerprint density at radius 3 is 2.54 bits per heavy atom. The van der Waals surface area contributed by atoms with Crippen molar-refractivity contribution in [1.82, 2.24) is 4.90 Å². The quantitative estimate of drug-likeness (QED) is 0.541. The van der Waals surface area contributed by atoms with Gasteiger partial charge in [0.1, 0.15) is 0 Å². The predicted molar refractivity (Wildman–Crippen MR) is 108 cm³/mol. The Morgan fingerprint density at radius 2 is 1.96 bits per heavy atom. The first kappa shape index (κ1) is 23.5. The van der Waals surface area contributed by atoms with Crippen LogP contribution in [0.15, 0.2) is 24.3 Å². The van der Waals surface area contributed by atoms with Crippen LogP contribution in [0.5, 0.6) is 11.5 Å². The van der Waals surface area contributed by atoms with Crippen molar-refractivity contribution in [2.24, 2.45) is 5.92 Å². The molecule has 1 heterocycles. The van der Waals surface area contributed by atoms with Gasteiger partial charge in [-0.1, -0.05) is 25.1 Å². The zero-order valence-electron chi connectivity index (χ0n) is 16.9. The predicted octanol–water partition coefficient (Wildman–Crippen LogP) is 3.38. The van der Waals surface area contributed by atoms with Crippen molar-refractivity contribution >= 4 is 18.0 Å². The molecular formula is C21H31NO6. The van der Waals surface area contributed by atoms with Gasteiger partial charge < -0.3 is 24.6 Å². The number of allylic oxidation sites excluding steroid dienone is 1. The number of carboxylic acid groups (broad SMARTS) is 2. The number of carbonyl (C=O) groups is 2. The Hall–Kier alpha value is -2.54. The van der Waals surface area contributed by atoms with E-state index in [1.165, 1.54) is 25.9 Å². The highest BCUT2D eigenvalue weighted by molar-refractivity contribution is 6.27. The lowest BCUT2D eigenvalue weighted by Gasteiger charge is -2.30. The third kappa shape index (κ3) is 8.90. The number of nitrogens with zero attached hydrogens (tertiary/aromatic N) is 1. The third-order valence-electron chi connectivity index (χ3n) is 4.35. The summed E-state index contributed by atoms with van der Waals surface area (Å²) < 4.78 is 11.3. The number of carboxylic acids is 2. The fourth-order valence-electron chi connectivity index (χ4n) is 3.06. The van der Waals surface area contributed by atoms with Crippen LogP contribution in [0.3, 0.4) is 0 Å². The number of rotatable bonds is 7. The lowest BCUT2D eigenvalue weighted by Crippen LogP contribution is -2.35. The third-order valence-corrected chi connectivity index (χ3v) is 4.35. The number of ether oxygens (including phenoxy) is 2. The zero-order chi connectivity index (χ0) is 20.9. The van der Waals surface area contributed by atoms with Gasteiger partial charge in [-0.05, 0) is 56.3 Å². The molecule has 1 aliphatic heterocycles. The van der Waals surface area contributed by atoms with Gasteiger partial charge >= 0.3 is 11.9 Å². The number of methoxy groups -OCH3 is 1.